The highest BCUT2D eigenvalue weighted by molar-refractivity contribution is 5.93. The molecule has 4 rings (SSSR count). The number of aryl methyl sites for hydroxylation is 1. The van der Waals surface area contributed by atoms with Gasteiger partial charge < -0.3 is 9.80 Å². The zero-order valence-electron chi connectivity index (χ0n) is 17.0. The highest BCUT2D eigenvalue weighted by Gasteiger charge is 2.19. The van der Waals surface area contributed by atoms with E-state index in [1.807, 2.05) is 52.2 Å². The second kappa shape index (κ2) is 8.45. The van der Waals surface area contributed by atoms with Crippen LogP contribution in [0.1, 0.15) is 11.1 Å². The molecule has 1 N–H and O–H groups in total. The molecule has 0 bridgehead atoms. The summed E-state index contributed by atoms with van der Waals surface area (Å²) in [6.45, 7) is 5.69. The third kappa shape index (κ3) is 4.46. The average molecular weight is 388 g/mol. The summed E-state index contributed by atoms with van der Waals surface area (Å²) in [5.41, 5.74) is 5.06. The van der Waals surface area contributed by atoms with Gasteiger partial charge in [0.05, 0.1) is 44.6 Å². The maximum absolute atomic E-state index is 12.6. The maximum atomic E-state index is 12.6. The summed E-state index contributed by atoms with van der Waals surface area (Å²) in [5.74, 6) is 0.0693. The molecule has 0 spiro atoms. The van der Waals surface area contributed by atoms with E-state index in [0.717, 1.165) is 48.7 Å². The number of likely N-dealkylation sites (N-methyl/N-ethyl adjacent to an activating group) is 1. The van der Waals surface area contributed by atoms with E-state index in [1.165, 1.54) is 10.5 Å². The van der Waals surface area contributed by atoms with Crippen molar-refractivity contribution in [1.29, 1.82) is 0 Å². The average Bonchev–Trinajstić information content (AvgIpc) is 3.18. The number of hydrogen-bond donors (Lipinski definition) is 1. The van der Waals surface area contributed by atoms with Gasteiger partial charge in [-0.15, -0.1) is 0 Å². The molecule has 0 aliphatic carbocycles. The Morgan fingerprint density at radius 3 is 2.41 bits per heavy atom. The molecule has 1 amide bonds. The quantitative estimate of drug-likeness (QED) is 0.698. The summed E-state index contributed by atoms with van der Waals surface area (Å²) in [6, 6.07) is 18.4. The molecule has 1 aliphatic heterocycles. The number of hydrogen-bond acceptors (Lipinski definition) is 2. The third-order valence-electron chi connectivity index (χ3n) is 5.42. The summed E-state index contributed by atoms with van der Waals surface area (Å²) >= 11 is 0. The molecule has 2 aromatic carbocycles. The van der Waals surface area contributed by atoms with Crippen molar-refractivity contribution in [3.05, 3.63) is 78.0 Å². The monoisotopic (exact) mass is 387 g/mol. The Bertz CT molecular complexity index is 997. The van der Waals surface area contributed by atoms with Crippen molar-refractivity contribution < 1.29 is 9.69 Å². The molecule has 148 valence electrons. The third-order valence-corrected chi connectivity index (χ3v) is 5.42. The van der Waals surface area contributed by atoms with Crippen molar-refractivity contribution in [3.8, 4) is 16.9 Å². The van der Waals surface area contributed by atoms with E-state index in [2.05, 4.69) is 38.2 Å². The number of nitrogens with zero attached hydrogens (tertiary/aromatic N) is 3. The van der Waals surface area contributed by atoms with Gasteiger partial charge in [-0.25, -0.2) is 4.68 Å². The van der Waals surface area contributed by atoms with Crippen molar-refractivity contribution in [2.45, 2.75) is 6.92 Å². The number of aromatic nitrogens is 2. The van der Waals surface area contributed by atoms with Crippen molar-refractivity contribution in [2.24, 2.45) is 0 Å². The molecule has 0 radical (unpaired) electrons. The molecule has 2 heterocycles. The molecule has 0 atom stereocenters. The summed E-state index contributed by atoms with van der Waals surface area (Å²) in [7, 11) is 2.17. The fourth-order valence-electron chi connectivity index (χ4n) is 3.53. The SMILES string of the molecule is Cc1ccc(-c2nn(-c3ccccc3)cc2/C=C/C(=O)N2CC[NH+](C)CC2)cc1. The van der Waals surface area contributed by atoms with E-state index in [9.17, 15) is 4.79 Å². The highest BCUT2D eigenvalue weighted by Crippen LogP contribution is 2.25. The fourth-order valence-corrected chi connectivity index (χ4v) is 3.53. The van der Waals surface area contributed by atoms with Crippen LogP contribution in [-0.2, 0) is 4.79 Å². The van der Waals surface area contributed by atoms with Crippen molar-refractivity contribution >= 4 is 12.0 Å². The maximum Gasteiger partial charge on any atom is 0.246 e. The lowest BCUT2D eigenvalue weighted by molar-refractivity contribution is -0.883. The summed E-state index contributed by atoms with van der Waals surface area (Å²) < 4.78 is 1.87. The Morgan fingerprint density at radius 1 is 1.03 bits per heavy atom. The molecule has 29 heavy (non-hydrogen) atoms. The molecular formula is C24H27N4O+. The minimum absolute atomic E-state index is 0.0693. The molecule has 1 aromatic heterocycles. The Balaban J connectivity index is 1.64. The second-order valence-corrected chi connectivity index (χ2v) is 7.69. The number of para-hydroxylation sites is 1. The topological polar surface area (TPSA) is 42.6 Å². The van der Waals surface area contributed by atoms with Gasteiger partial charge in [0.1, 0.15) is 0 Å². The van der Waals surface area contributed by atoms with E-state index in [1.54, 1.807) is 6.08 Å². The van der Waals surface area contributed by atoms with E-state index in [-0.39, 0.29) is 5.91 Å². The number of nitrogens with one attached hydrogen (secondary N) is 1. The van der Waals surface area contributed by atoms with E-state index >= 15 is 0 Å². The fraction of sp³-hybridized carbons (Fsp3) is 0.250. The smallest absolute Gasteiger partial charge is 0.246 e. The molecule has 5 heteroatoms. The molecule has 0 unspecified atom stereocenters. The Labute approximate surface area is 171 Å². The number of carbonyl (C=O) groups excluding carboxylic acids is 1. The molecule has 1 saturated heterocycles. The van der Waals surface area contributed by atoms with Crippen LogP contribution in [0.4, 0.5) is 0 Å². The van der Waals surface area contributed by atoms with Gasteiger partial charge in [0, 0.05) is 23.4 Å². The van der Waals surface area contributed by atoms with E-state index in [4.69, 9.17) is 5.10 Å². The number of amides is 1. The predicted molar refractivity (Wildman–Crippen MR) is 116 cm³/mol. The van der Waals surface area contributed by atoms with Gasteiger partial charge in [-0.05, 0) is 25.1 Å². The standard InChI is InChI=1S/C24H26N4O/c1-19-8-10-20(11-9-19)24-21(18-28(25-24)22-6-4-3-5-7-22)12-13-23(29)27-16-14-26(2)15-17-27/h3-13,18H,14-17H2,1-2H3/p+1/b13-12+. The molecule has 3 aromatic rings. The van der Waals surface area contributed by atoms with Gasteiger partial charge in [0.15, 0.2) is 0 Å². The number of rotatable bonds is 4. The molecule has 1 aliphatic rings. The van der Waals surface area contributed by atoms with Crippen LogP contribution in [0.25, 0.3) is 23.0 Å². The van der Waals surface area contributed by atoms with Crippen LogP contribution in [0.5, 0.6) is 0 Å². The minimum Gasteiger partial charge on any atom is -0.334 e. The number of quaternary nitrogens is 1. The Hall–Kier alpha value is -3.18. The first-order chi connectivity index (χ1) is 14.1. The lowest BCUT2D eigenvalue weighted by atomic mass is 10.1. The predicted octanol–water partition coefficient (Wildman–Crippen LogP) is 2.22. The molecule has 1 fully saturated rings. The van der Waals surface area contributed by atoms with E-state index in [0.29, 0.717) is 0 Å². The summed E-state index contributed by atoms with van der Waals surface area (Å²) in [4.78, 5) is 16.1. The van der Waals surface area contributed by atoms with Gasteiger partial charge in [0.2, 0.25) is 5.91 Å². The van der Waals surface area contributed by atoms with Gasteiger partial charge in [0.25, 0.3) is 0 Å². The van der Waals surface area contributed by atoms with Gasteiger partial charge >= 0.3 is 0 Å². The highest BCUT2D eigenvalue weighted by atomic mass is 16.2. The van der Waals surface area contributed by atoms with Crippen LogP contribution in [0.2, 0.25) is 0 Å². The summed E-state index contributed by atoms with van der Waals surface area (Å²) in [5, 5.41) is 4.82. The van der Waals surface area contributed by atoms with Crippen LogP contribution < -0.4 is 4.90 Å². The minimum atomic E-state index is 0.0693. The van der Waals surface area contributed by atoms with Gasteiger partial charge in [-0.1, -0.05) is 48.0 Å². The van der Waals surface area contributed by atoms with Crippen LogP contribution in [-0.4, -0.2) is 53.8 Å². The number of piperazine rings is 1. The first-order valence-corrected chi connectivity index (χ1v) is 10.1. The number of carbonyl (C=O) groups is 1. The first kappa shape index (κ1) is 19.2. The lowest BCUT2D eigenvalue weighted by Crippen LogP contribution is -3.12. The zero-order valence-corrected chi connectivity index (χ0v) is 17.0. The Morgan fingerprint density at radius 2 is 1.72 bits per heavy atom. The van der Waals surface area contributed by atoms with Crippen LogP contribution in [0.15, 0.2) is 66.9 Å². The van der Waals surface area contributed by atoms with Gasteiger partial charge in [-0.2, -0.15) is 5.10 Å². The first-order valence-electron chi connectivity index (χ1n) is 10.1. The van der Waals surface area contributed by atoms with Crippen molar-refractivity contribution in [1.82, 2.24) is 14.7 Å². The zero-order chi connectivity index (χ0) is 20.2. The molecule has 0 saturated carbocycles. The van der Waals surface area contributed by atoms with Crippen LogP contribution in [0.3, 0.4) is 0 Å². The normalized spacial score (nSPS) is 15.2. The molecule has 5 nitrogen and oxygen atoms in total. The lowest BCUT2D eigenvalue weighted by Gasteiger charge is -2.29. The largest absolute Gasteiger partial charge is 0.334 e. The van der Waals surface area contributed by atoms with Crippen molar-refractivity contribution in [2.75, 3.05) is 33.2 Å². The second-order valence-electron chi connectivity index (χ2n) is 7.69. The summed E-state index contributed by atoms with van der Waals surface area (Å²) in [6.07, 6.45) is 5.57. The van der Waals surface area contributed by atoms with Gasteiger partial charge in [-0.3, -0.25) is 4.79 Å². The van der Waals surface area contributed by atoms with Crippen molar-refractivity contribution in [3.63, 3.8) is 0 Å². The van der Waals surface area contributed by atoms with E-state index < -0.39 is 0 Å². The van der Waals surface area contributed by atoms with Crippen LogP contribution in [0, 0.1) is 6.92 Å². The molecular weight excluding hydrogens is 360 g/mol. The number of benzene rings is 2. The Kier molecular flexibility index (Phi) is 5.58. The van der Waals surface area contributed by atoms with Crippen LogP contribution >= 0.6 is 0 Å².